The van der Waals surface area contributed by atoms with Crippen molar-refractivity contribution in [1.82, 2.24) is 15.0 Å². The number of likely N-dealkylation sites (N-methyl/N-ethyl adjacent to an activating group) is 1. The minimum atomic E-state index is 0.0892. The van der Waals surface area contributed by atoms with Crippen LogP contribution in [0.5, 0.6) is 0 Å². The lowest BCUT2D eigenvalue weighted by Gasteiger charge is -2.17. The van der Waals surface area contributed by atoms with E-state index in [2.05, 4.69) is 20.3 Å². The Morgan fingerprint density at radius 2 is 2.28 bits per heavy atom. The molecule has 2 aromatic rings. The van der Waals surface area contributed by atoms with Gasteiger partial charge in [-0.25, -0.2) is 9.97 Å². The van der Waals surface area contributed by atoms with Crippen LogP contribution in [0, 0.1) is 0 Å². The molecular weight excluding hydrogens is 230 g/mol. The van der Waals surface area contributed by atoms with E-state index in [1.165, 1.54) is 6.33 Å². The summed E-state index contributed by atoms with van der Waals surface area (Å²) < 4.78 is 0. The Balaban J connectivity index is 2.12. The zero-order valence-electron chi connectivity index (χ0n) is 10.1. The molecule has 0 bridgehead atoms. The molecule has 0 atom stereocenters. The van der Waals surface area contributed by atoms with Crippen LogP contribution in [0.2, 0.25) is 0 Å². The smallest absolute Gasteiger partial charge is 0.135 e. The van der Waals surface area contributed by atoms with Crippen molar-refractivity contribution >= 4 is 17.3 Å². The molecular formula is C12H15N5O. The Kier molecular flexibility index (Phi) is 4.03. The molecule has 18 heavy (non-hydrogen) atoms. The first kappa shape index (κ1) is 12.3. The van der Waals surface area contributed by atoms with Gasteiger partial charge < -0.3 is 15.3 Å². The second kappa shape index (κ2) is 5.92. The van der Waals surface area contributed by atoms with E-state index in [9.17, 15) is 0 Å². The summed E-state index contributed by atoms with van der Waals surface area (Å²) in [5.74, 6) is 1.45. The van der Waals surface area contributed by atoms with E-state index in [0.29, 0.717) is 12.4 Å². The lowest BCUT2D eigenvalue weighted by molar-refractivity contribution is 0.304. The number of nitrogens with one attached hydrogen (secondary N) is 1. The minimum absolute atomic E-state index is 0.0892. The van der Waals surface area contributed by atoms with E-state index in [0.717, 1.165) is 11.5 Å². The lowest BCUT2D eigenvalue weighted by Crippen LogP contribution is -2.22. The second-order valence-corrected chi connectivity index (χ2v) is 3.77. The van der Waals surface area contributed by atoms with E-state index < -0.39 is 0 Å². The van der Waals surface area contributed by atoms with Crippen molar-refractivity contribution in [2.24, 2.45) is 0 Å². The van der Waals surface area contributed by atoms with Crippen LogP contribution in [0.4, 0.5) is 17.3 Å². The zero-order chi connectivity index (χ0) is 12.8. The predicted octanol–water partition coefficient (Wildman–Crippen LogP) is 1.04. The highest BCUT2D eigenvalue weighted by Gasteiger charge is 2.03. The van der Waals surface area contributed by atoms with Crippen molar-refractivity contribution < 1.29 is 5.11 Å². The summed E-state index contributed by atoms with van der Waals surface area (Å²) >= 11 is 0. The topological polar surface area (TPSA) is 74.2 Å². The van der Waals surface area contributed by atoms with E-state index in [1.807, 2.05) is 30.1 Å². The van der Waals surface area contributed by atoms with Crippen LogP contribution in [0.25, 0.3) is 0 Å². The van der Waals surface area contributed by atoms with Gasteiger partial charge in [0.2, 0.25) is 0 Å². The first-order chi connectivity index (χ1) is 8.79. The lowest BCUT2D eigenvalue weighted by atomic mass is 10.4. The van der Waals surface area contributed by atoms with Gasteiger partial charge in [-0.05, 0) is 12.1 Å². The van der Waals surface area contributed by atoms with Gasteiger partial charge in [0, 0.05) is 25.9 Å². The molecule has 94 valence electrons. The van der Waals surface area contributed by atoms with Gasteiger partial charge in [0.25, 0.3) is 0 Å². The van der Waals surface area contributed by atoms with Crippen molar-refractivity contribution in [3.8, 4) is 0 Å². The maximum Gasteiger partial charge on any atom is 0.135 e. The molecule has 2 N–H and O–H groups in total. The normalized spacial score (nSPS) is 10.1. The summed E-state index contributed by atoms with van der Waals surface area (Å²) in [7, 11) is 1.87. The third-order valence-electron chi connectivity index (χ3n) is 2.41. The highest BCUT2D eigenvalue weighted by molar-refractivity contribution is 5.58. The molecule has 0 spiro atoms. The summed E-state index contributed by atoms with van der Waals surface area (Å²) in [6.07, 6.45) is 4.92. The maximum atomic E-state index is 8.89. The fourth-order valence-corrected chi connectivity index (χ4v) is 1.47. The van der Waals surface area contributed by atoms with Gasteiger partial charge in [0.05, 0.1) is 18.5 Å². The van der Waals surface area contributed by atoms with E-state index in [4.69, 9.17) is 5.11 Å². The molecule has 2 rings (SSSR count). The molecule has 0 unspecified atom stereocenters. The monoisotopic (exact) mass is 245 g/mol. The maximum absolute atomic E-state index is 8.89. The van der Waals surface area contributed by atoms with Gasteiger partial charge in [-0.1, -0.05) is 0 Å². The third-order valence-corrected chi connectivity index (χ3v) is 2.41. The first-order valence-corrected chi connectivity index (χ1v) is 5.60. The van der Waals surface area contributed by atoms with Crippen molar-refractivity contribution in [3.63, 3.8) is 0 Å². The molecule has 0 saturated carbocycles. The van der Waals surface area contributed by atoms with Crippen LogP contribution in [0.1, 0.15) is 0 Å². The van der Waals surface area contributed by atoms with E-state index in [1.54, 1.807) is 12.4 Å². The van der Waals surface area contributed by atoms with Crippen molar-refractivity contribution in [1.29, 1.82) is 0 Å². The fourth-order valence-electron chi connectivity index (χ4n) is 1.47. The summed E-state index contributed by atoms with van der Waals surface area (Å²) in [5.41, 5.74) is 0.868. The van der Waals surface area contributed by atoms with Gasteiger partial charge in [0.1, 0.15) is 18.0 Å². The quantitative estimate of drug-likeness (QED) is 0.820. The highest BCUT2D eigenvalue weighted by Crippen LogP contribution is 2.16. The van der Waals surface area contributed by atoms with Crippen molar-refractivity contribution in [2.75, 3.05) is 30.4 Å². The summed E-state index contributed by atoms with van der Waals surface area (Å²) in [6.45, 7) is 0.620. The number of aliphatic hydroxyl groups is 1. The summed E-state index contributed by atoms with van der Waals surface area (Å²) in [6, 6.07) is 5.58. The number of aliphatic hydroxyl groups excluding tert-OH is 1. The molecule has 0 aliphatic heterocycles. The molecule has 6 nitrogen and oxygen atoms in total. The fraction of sp³-hybridized carbons (Fsp3) is 0.250. The van der Waals surface area contributed by atoms with Crippen molar-refractivity contribution in [3.05, 3.63) is 36.9 Å². The summed E-state index contributed by atoms with van der Waals surface area (Å²) in [4.78, 5) is 14.2. The van der Waals surface area contributed by atoms with Gasteiger partial charge in [-0.15, -0.1) is 0 Å². The van der Waals surface area contributed by atoms with Crippen molar-refractivity contribution in [2.45, 2.75) is 0 Å². The van der Waals surface area contributed by atoms with Crippen LogP contribution < -0.4 is 10.2 Å². The molecule has 0 fully saturated rings. The van der Waals surface area contributed by atoms with Crippen LogP contribution >= 0.6 is 0 Å². The molecule has 0 amide bonds. The van der Waals surface area contributed by atoms with E-state index >= 15 is 0 Å². The highest BCUT2D eigenvalue weighted by atomic mass is 16.3. The Morgan fingerprint density at radius 1 is 1.39 bits per heavy atom. The molecule has 6 heteroatoms. The molecule has 0 saturated heterocycles. The minimum Gasteiger partial charge on any atom is -0.395 e. The molecule has 2 heterocycles. The molecule has 0 aromatic carbocycles. The molecule has 0 radical (unpaired) electrons. The molecule has 2 aromatic heterocycles. The number of pyridine rings is 1. The van der Waals surface area contributed by atoms with Gasteiger partial charge in [0.15, 0.2) is 0 Å². The average molecular weight is 245 g/mol. The number of hydrogen-bond donors (Lipinski definition) is 2. The number of hydrogen-bond acceptors (Lipinski definition) is 6. The number of rotatable bonds is 5. The van der Waals surface area contributed by atoms with Gasteiger partial charge in [-0.3, -0.25) is 4.98 Å². The Bertz CT molecular complexity index is 491. The largest absolute Gasteiger partial charge is 0.395 e. The van der Waals surface area contributed by atoms with Crippen LogP contribution in [-0.4, -0.2) is 40.3 Å². The Hall–Kier alpha value is -2.21. The van der Waals surface area contributed by atoms with Crippen LogP contribution in [-0.2, 0) is 0 Å². The SMILES string of the molecule is CN(CCO)c1cc(Nc2cccnc2)ncn1. The van der Waals surface area contributed by atoms with Crippen LogP contribution in [0.3, 0.4) is 0 Å². The van der Waals surface area contributed by atoms with E-state index in [-0.39, 0.29) is 6.61 Å². The van der Waals surface area contributed by atoms with Gasteiger partial charge >= 0.3 is 0 Å². The second-order valence-electron chi connectivity index (χ2n) is 3.77. The Morgan fingerprint density at radius 3 is 3.00 bits per heavy atom. The first-order valence-electron chi connectivity index (χ1n) is 5.60. The number of anilines is 3. The zero-order valence-corrected chi connectivity index (χ0v) is 10.1. The average Bonchev–Trinajstić information content (AvgIpc) is 2.40. The summed E-state index contributed by atoms with van der Waals surface area (Å²) in [5, 5.41) is 12.0. The predicted molar refractivity (Wildman–Crippen MR) is 69.9 cm³/mol. The standard InChI is InChI=1S/C12H15N5O/c1-17(5-6-18)12-7-11(14-9-15-12)16-10-3-2-4-13-8-10/h2-4,7-9,18H,5-6H2,1H3,(H,14,15,16). The Labute approximate surface area is 105 Å². The van der Waals surface area contributed by atoms with Gasteiger partial charge in [-0.2, -0.15) is 0 Å². The third kappa shape index (κ3) is 3.14. The number of nitrogens with zero attached hydrogens (tertiary/aromatic N) is 4. The molecule has 0 aliphatic rings. The van der Waals surface area contributed by atoms with Crippen LogP contribution in [0.15, 0.2) is 36.9 Å². The molecule has 0 aliphatic carbocycles. The number of aromatic nitrogens is 3.